The molecular weight excluding hydrogens is 538 g/mol. The Morgan fingerprint density at radius 2 is 1.52 bits per heavy atom. The first-order valence-electron chi connectivity index (χ1n) is 15.4. The lowest BCUT2D eigenvalue weighted by Gasteiger charge is -2.40. The van der Waals surface area contributed by atoms with E-state index in [-0.39, 0.29) is 11.3 Å². The molecule has 2 aliphatic carbocycles. The lowest BCUT2D eigenvalue weighted by Crippen LogP contribution is -2.35. The van der Waals surface area contributed by atoms with Gasteiger partial charge in [0, 0.05) is 18.3 Å². The van der Waals surface area contributed by atoms with Crippen molar-refractivity contribution in [1.29, 1.82) is 0 Å². The third-order valence-electron chi connectivity index (χ3n) is 9.44. The fraction of sp³-hybridized carbons (Fsp3) is 0.146. The first-order valence-corrected chi connectivity index (χ1v) is 15.4. The molecule has 2 atom stereocenters. The minimum atomic E-state index is -0.364. The molecule has 1 heterocycles. The summed E-state index contributed by atoms with van der Waals surface area (Å²) in [6.45, 7) is 2.14. The van der Waals surface area contributed by atoms with Crippen molar-refractivity contribution < 1.29 is 9.47 Å². The Kier molecular flexibility index (Phi) is 6.34. The molecule has 3 aliphatic rings. The summed E-state index contributed by atoms with van der Waals surface area (Å²) in [6.07, 6.45) is 10.9. The van der Waals surface area contributed by atoms with Crippen LogP contribution in [0.2, 0.25) is 0 Å². The fourth-order valence-corrected chi connectivity index (χ4v) is 7.52. The summed E-state index contributed by atoms with van der Waals surface area (Å²) in [6, 6.07) is 38.9. The van der Waals surface area contributed by atoms with Gasteiger partial charge in [-0.3, -0.25) is 4.99 Å². The highest BCUT2D eigenvalue weighted by Gasteiger charge is 2.50. The minimum absolute atomic E-state index is 0.249. The molecule has 3 heteroatoms. The van der Waals surface area contributed by atoms with Crippen molar-refractivity contribution in [2.24, 2.45) is 10.9 Å². The molecule has 0 N–H and O–H groups in total. The highest BCUT2D eigenvalue weighted by atomic mass is 16.6. The summed E-state index contributed by atoms with van der Waals surface area (Å²) in [5.74, 6) is 3.20. The zero-order valence-corrected chi connectivity index (χ0v) is 25.0. The third kappa shape index (κ3) is 3.92. The van der Waals surface area contributed by atoms with Crippen molar-refractivity contribution in [3.63, 3.8) is 0 Å². The predicted molar refractivity (Wildman–Crippen MR) is 179 cm³/mol. The van der Waals surface area contributed by atoms with Gasteiger partial charge in [-0.2, -0.15) is 0 Å². The van der Waals surface area contributed by atoms with Crippen LogP contribution in [0.4, 0.5) is 0 Å². The summed E-state index contributed by atoms with van der Waals surface area (Å²) in [5.41, 5.74) is 10.2. The van der Waals surface area contributed by atoms with Crippen LogP contribution < -0.4 is 9.47 Å². The van der Waals surface area contributed by atoms with E-state index in [1.54, 1.807) is 0 Å². The lowest BCUT2D eigenvalue weighted by molar-refractivity contribution is 0.359. The van der Waals surface area contributed by atoms with Gasteiger partial charge in [0.15, 0.2) is 23.0 Å². The number of hydrogen-bond acceptors (Lipinski definition) is 3. The molecule has 5 aromatic rings. The van der Waals surface area contributed by atoms with Gasteiger partial charge >= 0.3 is 0 Å². The number of ether oxygens (including phenoxy) is 2. The monoisotopic (exact) mass is 571 g/mol. The average Bonchev–Trinajstić information content (AvgIpc) is 3.37. The summed E-state index contributed by atoms with van der Waals surface area (Å²) in [7, 11) is 1.86. The molecule has 0 amide bonds. The molecule has 0 aromatic heterocycles. The number of allylic oxidation sites excluding steroid dienone is 4. The Balaban J connectivity index is 1.31. The van der Waals surface area contributed by atoms with E-state index < -0.39 is 0 Å². The van der Waals surface area contributed by atoms with Crippen molar-refractivity contribution in [2.75, 3.05) is 7.05 Å². The van der Waals surface area contributed by atoms with Crippen LogP contribution in [-0.4, -0.2) is 12.8 Å². The van der Waals surface area contributed by atoms with Gasteiger partial charge in [0.05, 0.1) is 5.41 Å². The molecule has 0 bridgehead atoms. The number of para-hydroxylation sites is 1. The van der Waals surface area contributed by atoms with Crippen molar-refractivity contribution in [3.05, 3.63) is 156 Å². The van der Waals surface area contributed by atoms with Gasteiger partial charge < -0.3 is 9.47 Å². The van der Waals surface area contributed by atoms with E-state index in [0.717, 1.165) is 58.2 Å². The van der Waals surface area contributed by atoms with Gasteiger partial charge in [0.1, 0.15) is 0 Å². The SMILES string of the molecule is CCC(=NC)c1cccc(-c2cccc3c2Oc2cc4c(cc2O3)-c2ccccc2C4(c2ccccc2)C2C=CC=CC2)c1. The van der Waals surface area contributed by atoms with E-state index in [9.17, 15) is 0 Å². The first kappa shape index (κ1) is 26.5. The molecule has 0 fully saturated rings. The molecule has 214 valence electrons. The Bertz CT molecular complexity index is 2000. The quantitative estimate of drug-likeness (QED) is 0.193. The number of hydrogen-bond donors (Lipinski definition) is 0. The Morgan fingerprint density at radius 3 is 2.34 bits per heavy atom. The smallest absolute Gasteiger partial charge is 0.177 e. The van der Waals surface area contributed by atoms with Crippen LogP contribution in [-0.2, 0) is 5.41 Å². The molecule has 5 aromatic carbocycles. The second-order valence-electron chi connectivity index (χ2n) is 11.7. The largest absolute Gasteiger partial charge is 0.449 e. The molecular formula is C41H33NO2. The number of benzene rings is 5. The van der Waals surface area contributed by atoms with E-state index in [4.69, 9.17) is 9.47 Å². The van der Waals surface area contributed by atoms with Crippen molar-refractivity contribution >= 4 is 5.71 Å². The molecule has 44 heavy (non-hydrogen) atoms. The van der Waals surface area contributed by atoms with E-state index in [1.807, 2.05) is 19.2 Å². The minimum Gasteiger partial charge on any atom is -0.449 e. The lowest BCUT2D eigenvalue weighted by atomic mass is 9.62. The Morgan fingerprint density at radius 1 is 0.727 bits per heavy atom. The maximum Gasteiger partial charge on any atom is 0.177 e. The first-order chi connectivity index (χ1) is 21.7. The van der Waals surface area contributed by atoms with E-state index in [0.29, 0.717) is 0 Å². The number of rotatable bonds is 5. The van der Waals surface area contributed by atoms with Crippen LogP contribution in [0.1, 0.15) is 42.0 Å². The van der Waals surface area contributed by atoms with Gasteiger partial charge in [-0.05, 0) is 82.0 Å². The fourth-order valence-electron chi connectivity index (χ4n) is 7.52. The topological polar surface area (TPSA) is 30.8 Å². The van der Waals surface area contributed by atoms with Gasteiger partial charge in [0.25, 0.3) is 0 Å². The van der Waals surface area contributed by atoms with Gasteiger partial charge in [-0.15, -0.1) is 0 Å². The Labute approximate surface area is 258 Å². The number of aliphatic imine (C=N–C) groups is 1. The second-order valence-corrected chi connectivity index (χ2v) is 11.7. The van der Waals surface area contributed by atoms with Crippen molar-refractivity contribution in [3.8, 4) is 45.3 Å². The summed E-state index contributed by atoms with van der Waals surface area (Å²) >= 11 is 0. The highest BCUT2D eigenvalue weighted by molar-refractivity contribution is 6.01. The summed E-state index contributed by atoms with van der Waals surface area (Å²) in [4.78, 5) is 4.51. The zero-order valence-electron chi connectivity index (χ0n) is 25.0. The van der Waals surface area contributed by atoms with Crippen LogP contribution >= 0.6 is 0 Å². The van der Waals surface area contributed by atoms with Crippen LogP contribution in [0.5, 0.6) is 23.0 Å². The molecule has 0 saturated heterocycles. The molecule has 0 spiro atoms. The maximum absolute atomic E-state index is 6.87. The molecule has 1 aliphatic heterocycles. The van der Waals surface area contributed by atoms with Gasteiger partial charge in [-0.25, -0.2) is 0 Å². The van der Waals surface area contributed by atoms with Gasteiger partial charge in [-0.1, -0.05) is 116 Å². The predicted octanol–water partition coefficient (Wildman–Crippen LogP) is 10.5. The van der Waals surface area contributed by atoms with Crippen molar-refractivity contribution in [1.82, 2.24) is 0 Å². The normalized spacial score (nSPS) is 19.3. The van der Waals surface area contributed by atoms with E-state index >= 15 is 0 Å². The molecule has 3 nitrogen and oxygen atoms in total. The molecule has 2 unspecified atom stereocenters. The molecule has 0 saturated carbocycles. The van der Waals surface area contributed by atoms with Crippen molar-refractivity contribution in [2.45, 2.75) is 25.2 Å². The number of fused-ring (bicyclic) bond motifs is 5. The van der Waals surface area contributed by atoms with E-state index in [1.165, 1.54) is 27.8 Å². The number of nitrogens with zero attached hydrogens (tertiary/aromatic N) is 1. The van der Waals surface area contributed by atoms with E-state index in [2.05, 4.69) is 133 Å². The Hall–Kier alpha value is -5.15. The third-order valence-corrected chi connectivity index (χ3v) is 9.44. The summed E-state index contributed by atoms with van der Waals surface area (Å²) in [5, 5.41) is 0. The molecule has 0 radical (unpaired) electrons. The highest BCUT2D eigenvalue weighted by Crippen LogP contribution is 2.61. The van der Waals surface area contributed by atoms with Crippen LogP contribution in [0.3, 0.4) is 0 Å². The van der Waals surface area contributed by atoms with Crippen LogP contribution in [0, 0.1) is 5.92 Å². The standard InChI is InChI=1S/C41H33NO2/c1-3-36(42-2)28-15-12-14-27(24-28)31-21-13-23-37-40(31)44-39-26-35-33(25-38(39)43-37)32-20-10-11-22-34(32)41(35,29-16-6-4-7-17-29)30-18-8-5-9-19-30/h4-18,20-26,30H,3,19H2,1-2H3. The van der Waals surface area contributed by atoms with Gasteiger partial charge in [0.2, 0.25) is 0 Å². The zero-order chi connectivity index (χ0) is 29.7. The van der Waals surface area contributed by atoms with Crippen LogP contribution in [0.15, 0.2) is 138 Å². The maximum atomic E-state index is 6.87. The average molecular weight is 572 g/mol. The summed E-state index contributed by atoms with van der Waals surface area (Å²) < 4.78 is 13.5. The van der Waals surface area contributed by atoms with Crippen LogP contribution in [0.25, 0.3) is 22.3 Å². The molecule has 8 rings (SSSR count). The second kappa shape index (κ2) is 10.5.